The topological polar surface area (TPSA) is 78.4 Å². The van der Waals surface area contributed by atoms with E-state index < -0.39 is 5.97 Å². The Hall–Kier alpha value is -3.41. The van der Waals surface area contributed by atoms with E-state index in [0.29, 0.717) is 24.0 Å². The molecule has 0 spiro atoms. The maximum absolute atomic E-state index is 11.1. The summed E-state index contributed by atoms with van der Waals surface area (Å²) in [5, 5.41) is 12.3. The molecule has 0 amide bonds. The van der Waals surface area contributed by atoms with Gasteiger partial charge in [-0.05, 0) is 43.7 Å². The lowest BCUT2D eigenvalue weighted by Crippen LogP contribution is -2.31. The monoisotopic (exact) mass is 362 g/mol. The van der Waals surface area contributed by atoms with Crippen LogP contribution in [0.3, 0.4) is 0 Å². The van der Waals surface area contributed by atoms with Gasteiger partial charge in [-0.25, -0.2) is 9.78 Å². The predicted octanol–water partition coefficient (Wildman–Crippen LogP) is 4.33. The summed E-state index contributed by atoms with van der Waals surface area (Å²) < 4.78 is 0. The highest BCUT2D eigenvalue weighted by Crippen LogP contribution is 2.20. The van der Waals surface area contributed by atoms with E-state index in [4.69, 9.17) is 5.11 Å². The van der Waals surface area contributed by atoms with Gasteiger partial charge in [0.15, 0.2) is 0 Å². The highest BCUT2D eigenvalue weighted by molar-refractivity contribution is 5.89. The van der Waals surface area contributed by atoms with Crippen molar-refractivity contribution in [1.82, 2.24) is 9.97 Å². The van der Waals surface area contributed by atoms with Crippen molar-refractivity contribution in [3.63, 3.8) is 0 Å². The van der Waals surface area contributed by atoms with Gasteiger partial charge in [0, 0.05) is 24.5 Å². The molecule has 0 aliphatic carbocycles. The number of anilines is 3. The van der Waals surface area contributed by atoms with Crippen LogP contribution in [0.2, 0.25) is 0 Å². The lowest BCUT2D eigenvalue weighted by atomic mass is 10.2. The molecule has 1 aromatic heterocycles. The zero-order valence-corrected chi connectivity index (χ0v) is 15.3. The Morgan fingerprint density at radius 1 is 1.11 bits per heavy atom. The molecule has 0 radical (unpaired) electrons. The summed E-state index contributed by atoms with van der Waals surface area (Å²) in [6.45, 7) is 4.90. The normalized spacial score (nSPS) is 10.6. The number of rotatable bonds is 7. The Labute approximate surface area is 158 Å². The fourth-order valence-corrected chi connectivity index (χ4v) is 2.70. The van der Waals surface area contributed by atoms with Gasteiger partial charge in [-0.1, -0.05) is 36.4 Å². The van der Waals surface area contributed by atoms with Gasteiger partial charge in [0.25, 0.3) is 0 Å². The van der Waals surface area contributed by atoms with Crippen molar-refractivity contribution in [1.29, 1.82) is 0 Å². The van der Waals surface area contributed by atoms with E-state index in [-0.39, 0.29) is 11.6 Å². The molecule has 0 bridgehead atoms. The van der Waals surface area contributed by atoms with Crippen molar-refractivity contribution in [3.05, 3.63) is 78.0 Å². The number of aromatic nitrogens is 2. The fourth-order valence-electron chi connectivity index (χ4n) is 2.70. The minimum Gasteiger partial charge on any atom is -0.478 e. The number of carboxylic acids is 1. The van der Waals surface area contributed by atoms with Crippen LogP contribution in [0.4, 0.5) is 17.5 Å². The number of nitrogens with zero attached hydrogens (tertiary/aromatic N) is 3. The largest absolute Gasteiger partial charge is 0.478 e. The van der Waals surface area contributed by atoms with E-state index in [2.05, 4.69) is 46.2 Å². The van der Waals surface area contributed by atoms with Crippen molar-refractivity contribution in [2.24, 2.45) is 0 Å². The second-order valence-corrected chi connectivity index (χ2v) is 6.46. The first-order valence-corrected chi connectivity index (χ1v) is 8.77. The maximum Gasteiger partial charge on any atom is 0.335 e. The summed E-state index contributed by atoms with van der Waals surface area (Å²) in [7, 11) is 0. The summed E-state index contributed by atoms with van der Waals surface area (Å²) in [6, 6.07) is 18.8. The molecule has 0 unspecified atom stereocenters. The molecular weight excluding hydrogens is 340 g/mol. The number of benzene rings is 2. The van der Waals surface area contributed by atoms with Gasteiger partial charge in [-0.3, -0.25) is 0 Å². The molecule has 0 saturated heterocycles. The summed E-state index contributed by atoms with van der Waals surface area (Å²) in [4.78, 5) is 22.3. The first-order chi connectivity index (χ1) is 13.0. The van der Waals surface area contributed by atoms with E-state index in [0.717, 1.165) is 0 Å². The number of hydrogen-bond acceptors (Lipinski definition) is 5. The average molecular weight is 362 g/mol. The summed E-state index contributed by atoms with van der Waals surface area (Å²) in [5.41, 5.74) is 2.07. The van der Waals surface area contributed by atoms with Gasteiger partial charge < -0.3 is 15.3 Å². The van der Waals surface area contributed by atoms with Crippen LogP contribution >= 0.6 is 0 Å². The fraction of sp³-hybridized carbons (Fsp3) is 0.190. The van der Waals surface area contributed by atoms with Gasteiger partial charge in [-0.2, -0.15) is 4.98 Å². The molecule has 3 rings (SSSR count). The van der Waals surface area contributed by atoms with Gasteiger partial charge in [-0.15, -0.1) is 0 Å². The molecule has 0 aliphatic heterocycles. The third-order valence-corrected chi connectivity index (χ3v) is 4.10. The van der Waals surface area contributed by atoms with Crippen molar-refractivity contribution < 1.29 is 9.90 Å². The molecule has 27 heavy (non-hydrogen) atoms. The van der Waals surface area contributed by atoms with Crippen LogP contribution in [0.5, 0.6) is 0 Å². The zero-order valence-electron chi connectivity index (χ0n) is 15.3. The third-order valence-electron chi connectivity index (χ3n) is 4.10. The van der Waals surface area contributed by atoms with Gasteiger partial charge in [0.1, 0.15) is 5.82 Å². The molecule has 2 aromatic carbocycles. The quantitative estimate of drug-likeness (QED) is 0.651. The van der Waals surface area contributed by atoms with Crippen LogP contribution < -0.4 is 10.2 Å². The Bertz CT molecular complexity index is 913. The first kappa shape index (κ1) is 18.4. The minimum atomic E-state index is -0.962. The molecule has 0 aliphatic rings. The van der Waals surface area contributed by atoms with Crippen LogP contribution in [0.15, 0.2) is 66.9 Å². The summed E-state index contributed by atoms with van der Waals surface area (Å²) >= 11 is 0. The molecule has 0 atom stereocenters. The van der Waals surface area contributed by atoms with Gasteiger partial charge in [0.05, 0.1) is 5.56 Å². The predicted molar refractivity (Wildman–Crippen MR) is 106 cm³/mol. The minimum absolute atomic E-state index is 0.218. The molecule has 0 saturated carbocycles. The second-order valence-electron chi connectivity index (χ2n) is 6.46. The Kier molecular flexibility index (Phi) is 5.66. The van der Waals surface area contributed by atoms with E-state index in [1.165, 1.54) is 5.56 Å². The SMILES string of the molecule is CC(C)N(Cc1ccccc1)c1nccc(Nc2cccc(C(=O)O)c2)n1. The second kappa shape index (κ2) is 8.31. The molecule has 2 N–H and O–H groups in total. The van der Waals surface area contributed by atoms with Crippen LogP contribution in [0.1, 0.15) is 29.8 Å². The third kappa shape index (κ3) is 4.82. The summed E-state index contributed by atoms with van der Waals surface area (Å²) in [5.74, 6) is 0.269. The van der Waals surface area contributed by atoms with E-state index in [1.54, 1.807) is 36.5 Å². The van der Waals surface area contributed by atoms with E-state index >= 15 is 0 Å². The Morgan fingerprint density at radius 2 is 1.89 bits per heavy atom. The number of hydrogen-bond donors (Lipinski definition) is 2. The van der Waals surface area contributed by atoms with E-state index in [1.807, 2.05) is 18.2 Å². The van der Waals surface area contributed by atoms with Crippen LogP contribution in [0.25, 0.3) is 0 Å². The van der Waals surface area contributed by atoms with Crippen LogP contribution in [0, 0.1) is 0 Å². The number of aromatic carboxylic acids is 1. The lowest BCUT2D eigenvalue weighted by Gasteiger charge is -2.27. The van der Waals surface area contributed by atoms with Gasteiger partial charge >= 0.3 is 5.97 Å². The van der Waals surface area contributed by atoms with Crippen molar-refractivity contribution in [2.75, 3.05) is 10.2 Å². The van der Waals surface area contributed by atoms with Crippen molar-refractivity contribution >= 4 is 23.4 Å². The molecule has 1 heterocycles. The Morgan fingerprint density at radius 3 is 2.59 bits per heavy atom. The van der Waals surface area contributed by atoms with Gasteiger partial charge in [0.2, 0.25) is 5.95 Å². The molecule has 6 heteroatoms. The smallest absolute Gasteiger partial charge is 0.335 e. The van der Waals surface area contributed by atoms with Crippen LogP contribution in [-0.4, -0.2) is 27.1 Å². The Balaban J connectivity index is 1.83. The van der Waals surface area contributed by atoms with Crippen molar-refractivity contribution in [3.8, 4) is 0 Å². The molecule has 138 valence electrons. The zero-order chi connectivity index (χ0) is 19.2. The molecule has 3 aromatic rings. The van der Waals surface area contributed by atoms with Crippen molar-refractivity contribution in [2.45, 2.75) is 26.4 Å². The molecule has 0 fully saturated rings. The molecule has 6 nitrogen and oxygen atoms in total. The average Bonchev–Trinajstić information content (AvgIpc) is 2.67. The van der Waals surface area contributed by atoms with Crippen LogP contribution in [-0.2, 0) is 6.54 Å². The molecular formula is C21H22N4O2. The number of nitrogens with one attached hydrogen (secondary N) is 1. The number of carboxylic acid groups (broad SMARTS) is 1. The number of carbonyl (C=O) groups is 1. The highest BCUT2D eigenvalue weighted by Gasteiger charge is 2.15. The standard InChI is InChI=1S/C21H22N4O2/c1-15(2)25(14-16-7-4-3-5-8-16)21-22-12-11-19(24-21)23-18-10-6-9-17(13-18)20(26)27/h3-13,15H,14H2,1-2H3,(H,26,27)(H,22,23,24). The van der Waals surface area contributed by atoms with E-state index in [9.17, 15) is 4.79 Å². The first-order valence-electron chi connectivity index (χ1n) is 8.77. The summed E-state index contributed by atoms with van der Waals surface area (Å²) in [6.07, 6.45) is 1.70. The lowest BCUT2D eigenvalue weighted by molar-refractivity contribution is 0.0697. The highest BCUT2D eigenvalue weighted by atomic mass is 16.4. The maximum atomic E-state index is 11.1.